The minimum Gasteiger partial charge on any atom is -0.348 e. The van der Waals surface area contributed by atoms with Gasteiger partial charge in [-0.15, -0.1) is 0 Å². The van der Waals surface area contributed by atoms with E-state index in [9.17, 15) is 36.0 Å². The highest BCUT2D eigenvalue weighted by atomic mass is 32.2. The molecule has 0 unspecified atom stereocenters. The van der Waals surface area contributed by atoms with Gasteiger partial charge in [-0.2, -0.15) is 13.2 Å². The molecule has 36 heavy (non-hydrogen) atoms. The molecule has 0 radical (unpaired) electrons. The highest BCUT2D eigenvalue weighted by Crippen LogP contribution is 2.29. The van der Waals surface area contributed by atoms with Crippen molar-refractivity contribution in [3.63, 3.8) is 0 Å². The summed E-state index contributed by atoms with van der Waals surface area (Å²) in [7, 11) is -3.40. The lowest BCUT2D eigenvalue weighted by Crippen LogP contribution is -2.60. The van der Waals surface area contributed by atoms with E-state index in [0.717, 1.165) is 18.4 Å². The molecule has 3 amide bonds. The SMILES string of the molecule is CS(=O)(=O)c1ccc(C(=O)N[C@H]2CCNC[C@H]2NC(=O)CNC(=O)c2cccc(C(F)(F)F)c2)cc1. The lowest BCUT2D eigenvalue weighted by Gasteiger charge is -2.33. The molecule has 4 N–H and O–H groups in total. The van der Waals surface area contributed by atoms with Crippen molar-refractivity contribution in [2.75, 3.05) is 25.9 Å². The molecule has 194 valence electrons. The van der Waals surface area contributed by atoms with Gasteiger partial charge >= 0.3 is 6.18 Å². The maximum Gasteiger partial charge on any atom is 0.416 e. The third kappa shape index (κ3) is 7.28. The first-order valence-corrected chi connectivity index (χ1v) is 12.8. The molecule has 1 saturated heterocycles. The van der Waals surface area contributed by atoms with Crippen LogP contribution in [0.3, 0.4) is 0 Å². The van der Waals surface area contributed by atoms with Gasteiger partial charge in [0.25, 0.3) is 11.8 Å². The zero-order chi connectivity index (χ0) is 26.5. The maximum absolute atomic E-state index is 12.9. The Hall–Kier alpha value is -3.45. The Balaban J connectivity index is 1.56. The molecular formula is C23H25F3N4O5S. The summed E-state index contributed by atoms with van der Waals surface area (Å²) in [5.41, 5.74) is -0.958. The number of hydrogen-bond donors (Lipinski definition) is 4. The van der Waals surface area contributed by atoms with Gasteiger partial charge in [0.2, 0.25) is 5.91 Å². The van der Waals surface area contributed by atoms with Gasteiger partial charge in [-0.25, -0.2) is 8.42 Å². The van der Waals surface area contributed by atoms with E-state index in [1.165, 1.54) is 30.3 Å². The monoisotopic (exact) mass is 526 g/mol. The molecule has 1 heterocycles. The van der Waals surface area contributed by atoms with Gasteiger partial charge in [0, 0.05) is 23.9 Å². The molecule has 2 atom stereocenters. The molecule has 0 spiro atoms. The lowest BCUT2D eigenvalue weighted by molar-refractivity contribution is -0.137. The van der Waals surface area contributed by atoms with Crippen molar-refractivity contribution in [3.8, 4) is 0 Å². The number of alkyl halides is 3. The van der Waals surface area contributed by atoms with Crippen LogP contribution in [0.2, 0.25) is 0 Å². The maximum atomic E-state index is 12.9. The summed E-state index contributed by atoms with van der Waals surface area (Å²) in [5.74, 6) is -1.86. The van der Waals surface area contributed by atoms with Crippen LogP contribution in [0.25, 0.3) is 0 Å². The quantitative estimate of drug-likeness (QED) is 0.427. The van der Waals surface area contributed by atoms with Crippen LogP contribution < -0.4 is 21.3 Å². The Morgan fingerprint density at radius 2 is 1.67 bits per heavy atom. The number of carbonyl (C=O) groups excluding carboxylic acids is 3. The molecule has 9 nitrogen and oxygen atoms in total. The van der Waals surface area contributed by atoms with Gasteiger partial charge in [-0.1, -0.05) is 6.07 Å². The van der Waals surface area contributed by atoms with Crippen molar-refractivity contribution in [1.82, 2.24) is 21.3 Å². The topological polar surface area (TPSA) is 133 Å². The number of rotatable bonds is 7. The van der Waals surface area contributed by atoms with Crippen molar-refractivity contribution >= 4 is 27.6 Å². The van der Waals surface area contributed by atoms with Crippen molar-refractivity contribution in [2.24, 2.45) is 0 Å². The van der Waals surface area contributed by atoms with Crippen molar-refractivity contribution in [1.29, 1.82) is 0 Å². The third-order valence-corrected chi connectivity index (χ3v) is 6.68. The number of hydrogen-bond acceptors (Lipinski definition) is 6. The zero-order valence-electron chi connectivity index (χ0n) is 19.2. The van der Waals surface area contributed by atoms with E-state index in [1.807, 2.05) is 0 Å². The zero-order valence-corrected chi connectivity index (χ0v) is 20.0. The van der Waals surface area contributed by atoms with Crippen LogP contribution in [-0.4, -0.2) is 64.1 Å². The van der Waals surface area contributed by atoms with Crippen LogP contribution >= 0.6 is 0 Å². The van der Waals surface area contributed by atoms with Gasteiger partial charge in [-0.05, 0) is 55.4 Å². The Kier molecular flexibility index (Phi) is 8.35. The van der Waals surface area contributed by atoms with Crippen LogP contribution in [0.1, 0.15) is 32.7 Å². The van der Waals surface area contributed by atoms with E-state index in [1.54, 1.807) is 0 Å². The predicted octanol–water partition coefficient (Wildman–Crippen LogP) is 1.12. The fraction of sp³-hybridized carbons (Fsp3) is 0.348. The van der Waals surface area contributed by atoms with E-state index < -0.39 is 57.9 Å². The molecule has 0 bridgehead atoms. The Bertz CT molecular complexity index is 1230. The number of carbonyl (C=O) groups is 3. The van der Waals surface area contributed by atoms with Crippen molar-refractivity contribution in [2.45, 2.75) is 29.6 Å². The van der Waals surface area contributed by atoms with E-state index >= 15 is 0 Å². The Morgan fingerprint density at radius 3 is 2.31 bits per heavy atom. The summed E-state index contributed by atoms with van der Waals surface area (Å²) in [4.78, 5) is 37.3. The van der Waals surface area contributed by atoms with E-state index in [-0.39, 0.29) is 16.0 Å². The highest BCUT2D eigenvalue weighted by Gasteiger charge is 2.31. The molecule has 1 aliphatic heterocycles. The molecule has 0 saturated carbocycles. The van der Waals surface area contributed by atoms with Gasteiger partial charge in [-0.3, -0.25) is 14.4 Å². The first-order chi connectivity index (χ1) is 16.8. The molecule has 1 fully saturated rings. The second-order valence-corrected chi connectivity index (χ2v) is 10.3. The van der Waals surface area contributed by atoms with E-state index in [0.29, 0.717) is 25.6 Å². The number of benzene rings is 2. The summed E-state index contributed by atoms with van der Waals surface area (Å²) in [6, 6.07) is 8.34. The van der Waals surface area contributed by atoms with E-state index in [4.69, 9.17) is 0 Å². The molecule has 0 aliphatic carbocycles. The second kappa shape index (κ2) is 11.1. The minimum absolute atomic E-state index is 0.0817. The summed E-state index contributed by atoms with van der Waals surface area (Å²) in [5, 5.41) is 10.9. The van der Waals surface area contributed by atoms with E-state index in [2.05, 4.69) is 21.3 Å². The fourth-order valence-corrected chi connectivity index (χ4v) is 4.28. The molecular weight excluding hydrogens is 501 g/mol. The second-order valence-electron chi connectivity index (χ2n) is 8.30. The summed E-state index contributed by atoms with van der Waals surface area (Å²) in [6.07, 6.45) is -3.04. The number of amides is 3. The first-order valence-electron chi connectivity index (χ1n) is 10.9. The van der Waals surface area contributed by atoms with Crippen LogP contribution in [0, 0.1) is 0 Å². The first kappa shape index (κ1) is 27.1. The highest BCUT2D eigenvalue weighted by molar-refractivity contribution is 7.90. The third-order valence-electron chi connectivity index (χ3n) is 5.55. The Morgan fingerprint density at radius 1 is 0.972 bits per heavy atom. The van der Waals surface area contributed by atoms with Gasteiger partial charge in [0.05, 0.1) is 29.1 Å². The van der Waals surface area contributed by atoms with Crippen LogP contribution in [0.15, 0.2) is 53.4 Å². The number of piperidine rings is 1. The normalized spacial score (nSPS) is 18.2. The lowest BCUT2D eigenvalue weighted by atomic mass is 10.00. The molecule has 13 heteroatoms. The van der Waals surface area contributed by atoms with Gasteiger partial charge in [0.1, 0.15) is 0 Å². The van der Waals surface area contributed by atoms with Crippen LogP contribution in [0.4, 0.5) is 13.2 Å². The fourth-order valence-electron chi connectivity index (χ4n) is 3.65. The van der Waals surface area contributed by atoms with Gasteiger partial charge < -0.3 is 21.3 Å². The van der Waals surface area contributed by atoms with Crippen molar-refractivity contribution < 1.29 is 36.0 Å². The number of nitrogens with one attached hydrogen (secondary N) is 4. The number of sulfone groups is 1. The Labute approximate surface area is 205 Å². The average molecular weight is 527 g/mol. The predicted molar refractivity (Wildman–Crippen MR) is 124 cm³/mol. The van der Waals surface area contributed by atoms with Gasteiger partial charge in [0.15, 0.2) is 9.84 Å². The smallest absolute Gasteiger partial charge is 0.348 e. The molecule has 1 aliphatic rings. The number of halogens is 3. The summed E-state index contributed by atoms with van der Waals surface area (Å²) < 4.78 is 61.7. The summed E-state index contributed by atoms with van der Waals surface area (Å²) in [6.45, 7) is 0.446. The largest absolute Gasteiger partial charge is 0.416 e. The average Bonchev–Trinajstić information content (AvgIpc) is 2.83. The molecule has 3 rings (SSSR count). The molecule has 2 aromatic carbocycles. The minimum atomic E-state index is -4.60. The van der Waals surface area contributed by atoms with Crippen LogP contribution in [0.5, 0.6) is 0 Å². The van der Waals surface area contributed by atoms with Crippen LogP contribution in [-0.2, 0) is 20.8 Å². The van der Waals surface area contributed by atoms with Crippen molar-refractivity contribution in [3.05, 3.63) is 65.2 Å². The molecule has 2 aromatic rings. The molecule has 0 aromatic heterocycles. The summed E-state index contributed by atoms with van der Waals surface area (Å²) >= 11 is 0. The standard InChI is InChI=1S/C23H25F3N4O5S/c1-36(34,35)17-7-5-14(6-8-17)22(33)30-18-9-10-27-12-19(18)29-20(31)13-28-21(32)15-3-2-4-16(11-15)23(24,25)26/h2-8,11,18-19,27H,9-10,12-13H2,1H3,(H,28,32)(H,29,31)(H,30,33)/t18-,19+/m0/s1.